The van der Waals surface area contributed by atoms with Gasteiger partial charge in [0.15, 0.2) is 0 Å². The first kappa shape index (κ1) is 13.3. The first-order chi connectivity index (χ1) is 7.69. The number of hydrogen-bond acceptors (Lipinski definition) is 6. The van der Waals surface area contributed by atoms with E-state index in [-0.39, 0.29) is 0 Å². The van der Waals surface area contributed by atoms with Crippen molar-refractivity contribution in [2.45, 2.75) is 25.8 Å². The Morgan fingerprint density at radius 1 is 1.50 bits per heavy atom. The van der Waals surface area contributed by atoms with Gasteiger partial charge in [0.1, 0.15) is 0 Å². The molecule has 0 spiro atoms. The van der Waals surface area contributed by atoms with Crippen LogP contribution in [0, 0.1) is 0 Å². The van der Waals surface area contributed by atoms with Crippen molar-refractivity contribution in [3.05, 3.63) is 5.89 Å². The molecule has 1 atom stereocenters. The van der Waals surface area contributed by atoms with Crippen LogP contribution >= 0.6 is 11.8 Å². The normalized spacial score (nSPS) is 12.8. The molecule has 1 rings (SSSR count). The minimum absolute atomic E-state index is 0.402. The van der Waals surface area contributed by atoms with Gasteiger partial charge >= 0.3 is 6.01 Å². The fourth-order valence-electron chi connectivity index (χ4n) is 1.28. The molecule has 0 saturated carbocycles. The minimum Gasteiger partial charge on any atom is -0.408 e. The molecule has 0 aliphatic heterocycles. The van der Waals surface area contributed by atoms with E-state index in [9.17, 15) is 0 Å². The molecular weight excluding hydrogens is 224 g/mol. The third-order valence-electron chi connectivity index (χ3n) is 2.52. The van der Waals surface area contributed by atoms with E-state index in [1.54, 1.807) is 0 Å². The van der Waals surface area contributed by atoms with Crippen molar-refractivity contribution in [2.24, 2.45) is 5.73 Å². The van der Waals surface area contributed by atoms with Crippen molar-refractivity contribution in [1.29, 1.82) is 0 Å². The quantitative estimate of drug-likeness (QED) is 0.776. The molecule has 0 aliphatic rings. The number of anilines is 1. The molecule has 1 aromatic rings. The van der Waals surface area contributed by atoms with Crippen LogP contribution in [-0.4, -0.2) is 41.8 Å². The van der Waals surface area contributed by atoms with E-state index in [2.05, 4.69) is 23.4 Å². The molecule has 1 aromatic heterocycles. The summed E-state index contributed by atoms with van der Waals surface area (Å²) in [5.74, 6) is 1.75. The fraction of sp³-hybridized carbons (Fsp3) is 0.800. The number of nitrogens with two attached hydrogens (primary N) is 1. The third kappa shape index (κ3) is 3.68. The smallest absolute Gasteiger partial charge is 0.318 e. The highest BCUT2D eigenvalue weighted by Crippen LogP contribution is 2.16. The van der Waals surface area contributed by atoms with Gasteiger partial charge in [0, 0.05) is 26.1 Å². The first-order valence-electron chi connectivity index (χ1n) is 5.43. The lowest BCUT2D eigenvalue weighted by Crippen LogP contribution is -2.29. The monoisotopic (exact) mass is 244 g/mol. The molecule has 0 aromatic carbocycles. The lowest BCUT2D eigenvalue weighted by molar-refractivity contribution is 0.475. The summed E-state index contributed by atoms with van der Waals surface area (Å²) in [6.45, 7) is 2.69. The van der Waals surface area contributed by atoms with Crippen LogP contribution in [0.1, 0.15) is 19.2 Å². The van der Waals surface area contributed by atoms with Gasteiger partial charge in [-0.3, -0.25) is 0 Å². The second-order valence-corrected chi connectivity index (χ2v) is 4.74. The van der Waals surface area contributed by atoms with Crippen molar-refractivity contribution in [2.75, 3.05) is 30.5 Å². The molecule has 0 amide bonds. The second-order valence-electron chi connectivity index (χ2n) is 3.76. The van der Waals surface area contributed by atoms with Crippen LogP contribution in [0.15, 0.2) is 4.42 Å². The summed E-state index contributed by atoms with van der Waals surface area (Å²) in [5, 5.41) is 7.96. The maximum Gasteiger partial charge on any atom is 0.318 e. The van der Waals surface area contributed by atoms with Crippen LogP contribution in [0.4, 0.5) is 6.01 Å². The lowest BCUT2D eigenvalue weighted by atomic mass is 10.2. The summed E-state index contributed by atoms with van der Waals surface area (Å²) in [6.07, 6.45) is 3.85. The van der Waals surface area contributed by atoms with E-state index in [0.717, 1.165) is 12.2 Å². The number of aromatic nitrogens is 2. The minimum atomic E-state index is 0.402. The molecule has 2 N–H and O–H groups in total. The molecule has 0 fully saturated rings. The Kier molecular flexibility index (Phi) is 5.62. The van der Waals surface area contributed by atoms with E-state index < -0.39 is 0 Å². The summed E-state index contributed by atoms with van der Waals surface area (Å²) in [7, 11) is 1.98. The predicted molar refractivity (Wildman–Crippen MR) is 67.9 cm³/mol. The Morgan fingerprint density at radius 3 is 2.88 bits per heavy atom. The lowest BCUT2D eigenvalue weighted by Gasteiger charge is -2.22. The zero-order chi connectivity index (χ0) is 12.0. The Bertz CT molecular complexity index is 305. The van der Waals surface area contributed by atoms with Crippen molar-refractivity contribution in [3.8, 4) is 0 Å². The van der Waals surface area contributed by atoms with E-state index in [4.69, 9.17) is 10.2 Å². The van der Waals surface area contributed by atoms with E-state index >= 15 is 0 Å². The van der Waals surface area contributed by atoms with Crippen LogP contribution in [0.25, 0.3) is 0 Å². The molecular formula is C10H20N4OS. The maximum atomic E-state index is 5.50. The van der Waals surface area contributed by atoms with E-state index in [1.807, 2.05) is 23.7 Å². The zero-order valence-electron chi connectivity index (χ0n) is 10.1. The summed E-state index contributed by atoms with van der Waals surface area (Å²) in [4.78, 5) is 2.02. The number of thioether (sulfide) groups is 1. The van der Waals surface area contributed by atoms with E-state index in [0.29, 0.717) is 30.9 Å². The molecule has 1 heterocycles. The highest BCUT2D eigenvalue weighted by Gasteiger charge is 2.15. The Morgan fingerprint density at radius 2 is 2.25 bits per heavy atom. The Balaban J connectivity index is 2.53. The molecule has 0 aliphatic carbocycles. The standard InChI is InChI=1S/C10H20N4OS/c1-8(5-7-16-3)14(2)10-13-12-9(15-10)4-6-11/h8H,4-7,11H2,1-3H3. The van der Waals surface area contributed by atoms with Gasteiger partial charge in [-0.2, -0.15) is 11.8 Å². The summed E-state index contributed by atoms with van der Waals surface area (Å²) >= 11 is 1.85. The molecule has 6 heteroatoms. The zero-order valence-corrected chi connectivity index (χ0v) is 11.0. The SMILES string of the molecule is CSCCC(C)N(C)c1nnc(CCN)o1. The van der Waals surface area contributed by atoms with Crippen LogP contribution in [0.2, 0.25) is 0 Å². The van der Waals surface area contributed by atoms with Crippen molar-refractivity contribution in [3.63, 3.8) is 0 Å². The molecule has 1 unspecified atom stereocenters. The highest BCUT2D eigenvalue weighted by atomic mass is 32.2. The van der Waals surface area contributed by atoms with Gasteiger partial charge < -0.3 is 15.1 Å². The highest BCUT2D eigenvalue weighted by molar-refractivity contribution is 7.98. The van der Waals surface area contributed by atoms with Crippen LogP contribution in [0.5, 0.6) is 0 Å². The Labute approximate surface area is 101 Å². The van der Waals surface area contributed by atoms with Gasteiger partial charge in [0.2, 0.25) is 5.89 Å². The van der Waals surface area contributed by atoms with Crippen LogP contribution in [0.3, 0.4) is 0 Å². The molecule has 0 radical (unpaired) electrons. The Hall–Kier alpha value is -0.750. The topological polar surface area (TPSA) is 68.2 Å². The fourth-order valence-corrected chi connectivity index (χ4v) is 1.86. The number of hydrogen-bond donors (Lipinski definition) is 1. The van der Waals surface area contributed by atoms with Crippen LogP contribution in [-0.2, 0) is 6.42 Å². The summed E-state index contributed by atoms with van der Waals surface area (Å²) in [5.41, 5.74) is 5.43. The van der Waals surface area contributed by atoms with Crippen molar-refractivity contribution < 1.29 is 4.42 Å². The second kappa shape index (κ2) is 6.75. The number of rotatable bonds is 7. The first-order valence-corrected chi connectivity index (χ1v) is 6.82. The molecule has 0 saturated heterocycles. The summed E-state index contributed by atoms with van der Waals surface area (Å²) in [6, 6.07) is 0.982. The predicted octanol–water partition coefficient (Wildman–Crippen LogP) is 1.15. The molecule has 16 heavy (non-hydrogen) atoms. The maximum absolute atomic E-state index is 5.50. The number of nitrogens with zero attached hydrogens (tertiary/aromatic N) is 3. The average molecular weight is 244 g/mol. The van der Waals surface area contributed by atoms with E-state index in [1.165, 1.54) is 0 Å². The van der Waals surface area contributed by atoms with Gasteiger partial charge in [-0.25, -0.2) is 0 Å². The van der Waals surface area contributed by atoms with Gasteiger partial charge in [0.05, 0.1) is 0 Å². The van der Waals surface area contributed by atoms with Gasteiger partial charge in [0.25, 0.3) is 0 Å². The van der Waals surface area contributed by atoms with Crippen LogP contribution < -0.4 is 10.6 Å². The largest absolute Gasteiger partial charge is 0.408 e. The van der Waals surface area contributed by atoms with Crippen molar-refractivity contribution >= 4 is 17.8 Å². The molecule has 92 valence electrons. The molecule has 0 bridgehead atoms. The average Bonchev–Trinajstić information content (AvgIpc) is 2.74. The summed E-state index contributed by atoms with van der Waals surface area (Å²) < 4.78 is 5.50. The van der Waals surface area contributed by atoms with Gasteiger partial charge in [-0.1, -0.05) is 5.10 Å². The third-order valence-corrected chi connectivity index (χ3v) is 3.16. The van der Waals surface area contributed by atoms with Crippen molar-refractivity contribution in [1.82, 2.24) is 10.2 Å². The molecule has 5 nitrogen and oxygen atoms in total. The van der Waals surface area contributed by atoms with Gasteiger partial charge in [-0.15, -0.1) is 5.10 Å². The van der Waals surface area contributed by atoms with Gasteiger partial charge in [-0.05, 0) is 25.4 Å².